The molecule has 20 heavy (non-hydrogen) atoms. The van der Waals surface area contributed by atoms with Crippen molar-refractivity contribution in [2.45, 2.75) is 44.1 Å². The Morgan fingerprint density at radius 2 is 1.80 bits per heavy atom. The predicted molar refractivity (Wildman–Crippen MR) is 87.1 cm³/mol. The van der Waals surface area contributed by atoms with Crippen LogP contribution in [0.4, 0.5) is 0 Å². The first-order valence-electron chi connectivity index (χ1n) is 8.02. The molecule has 1 aromatic rings. The van der Waals surface area contributed by atoms with Crippen LogP contribution in [0.25, 0.3) is 0 Å². The zero-order valence-corrected chi connectivity index (χ0v) is 13.4. The molecule has 0 amide bonds. The van der Waals surface area contributed by atoms with Gasteiger partial charge in [0, 0.05) is 5.54 Å². The van der Waals surface area contributed by atoms with E-state index in [1.54, 1.807) is 0 Å². The van der Waals surface area contributed by atoms with E-state index in [4.69, 9.17) is 0 Å². The van der Waals surface area contributed by atoms with E-state index in [0.29, 0.717) is 5.54 Å². The van der Waals surface area contributed by atoms with Crippen molar-refractivity contribution in [3.8, 4) is 0 Å². The lowest BCUT2D eigenvalue weighted by Crippen LogP contribution is -2.48. The molecule has 0 bridgehead atoms. The molecule has 2 heteroatoms. The molecule has 2 rings (SSSR count). The highest BCUT2D eigenvalue weighted by Gasteiger charge is 2.36. The average Bonchev–Trinajstić information content (AvgIpc) is 2.47. The summed E-state index contributed by atoms with van der Waals surface area (Å²) in [5.74, 6) is 0.922. The summed E-state index contributed by atoms with van der Waals surface area (Å²) in [6.45, 7) is 1.16. The SMILES string of the molecule is CNCCC1CCC(Cc2ccccc2)(N(C)C)CC1. The van der Waals surface area contributed by atoms with Crippen LogP contribution in [0.15, 0.2) is 30.3 Å². The maximum Gasteiger partial charge on any atom is 0.0244 e. The van der Waals surface area contributed by atoms with Crippen LogP contribution in [0.3, 0.4) is 0 Å². The number of benzene rings is 1. The van der Waals surface area contributed by atoms with Crippen molar-refractivity contribution in [1.82, 2.24) is 10.2 Å². The zero-order chi connectivity index (χ0) is 14.4. The molecule has 1 aromatic carbocycles. The van der Waals surface area contributed by atoms with Crippen LogP contribution >= 0.6 is 0 Å². The Labute approximate surface area is 124 Å². The number of hydrogen-bond donors (Lipinski definition) is 1. The number of nitrogens with one attached hydrogen (secondary N) is 1. The van der Waals surface area contributed by atoms with Gasteiger partial charge in [-0.1, -0.05) is 30.3 Å². The summed E-state index contributed by atoms with van der Waals surface area (Å²) in [6.07, 6.45) is 7.97. The molecule has 1 aliphatic rings. The Balaban J connectivity index is 1.98. The molecule has 1 fully saturated rings. The van der Waals surface area contributed by atoms with E-state index in [1.807, 2.05) is 0 Å². The van der Waals surface area contributed by atoms with Crippen molar-refractivity contribution in [3.63, 3.8) is 0 Å². The number of rotatable bonds is 6. The zero-order valence-electron chi connectivity index (χ0n) is 13.4. The van der Waals surface area contributed by atoms with Crippen LogP contribution < -0.4 is 5.32 Å². The lowest BCUT2D eigenvalue weighted by atomic mass is 9.72. The minimum atomic E-state index is 0.373. The second kappa shape index (κ2) is 7.24. The summed E-state index contributed by atoms with van der Waals surface area (Å²) in [5.41, 5.74) is 1.85. The van der Waals surface area contributed by atoms with Crippen LogP contribution in [-0.2, 0) is 6.42 Å². The van der Waals surface area contributed by atoms with Gasteiger partial charge in [0.25, 0.3) is 0 Å². The number of hydrogen-bond acceptors (Lipinski definition) is 2. The van der Waals surface area contributed by atoms with E-state index >= 15 is 0 Å². The molecule has 2 nitrogen and oxygen atoms in total. The lowest BCUT2D eigenvalue weighted by Gasteiger charge is -2.45. The molecule has 0 radical (unpaired) electrons. The van der Waals surface area contributed by atoms with Crippen molar-refractivity contribution >= 4 is 0 Å². The van der Waals surface area contributed by atoms with Crippen molar-refractivity contribution in [3.05, 3.63) is 35.9 Å². The van der Waals surface area contributed by atoms with E-state index in [0.717, 1.165) is 12.5 Å². The Hall–Kier alpha value is -0.860. The first kappa shape index (κ1) is 15.5. The number of nitrogens with zero attached hydrogens (tertiary/aromatic N) is 1. The van der Waals surface area contributed by atoms with Gasteiger partial charge in [-0.3, -0.25) is 0 Å². The predicted octanol–water partition coefficient (Wildman–Crippen LogP) is 3.33. The van der Waals surface area contributed by atoms with Gasteiger partial charge in [0.1, 0.15) is 0 Å². The Morgan fingerprint density at radius 1 is 1.15 bits per heavy atom. The monoisotopic (exact) mass is 274 g/mol. The van der Waals surface area contributed by atoms with Gasteiger partial charge < -0.3 is 10.2 Å². The third-order valence-electron chi connectivity index (χ3n) is 5.16. The summed E-state index contributed by atoms with van der Waals surface area (Å²) < 4.78 is 0. The van der Waals surface area contributed by atoms with Gasteiger partial charge in [-0.25, -0.2) is 0 Å². The topological polar surface area (TPSA) is 15.3 Å². The van der Waals surface area contributed by atoms with Gasteiger partial charge in [-0.2, -0.15) is 0 Å². The van der Waals surface area contributed by atoms with Crippen LogP contribution in [-0.4, -0.2) is 38.1 Å². The van der Waals surface area contributed by atoms with Crippen molar-refractivity contribution in [2.75, 3.05) is 27.7 Å². The molecular weight excluding hydrogens is 244 g/mol. The molecule has 112 valence electrons. The Morgan fingerprint density at radius 3 is 2.35 bits per heavy atom. The molecule has 0 unspecified atom stereocenters. The summed E-state index contributed by atoms with van der Waals surface area (Å²) in [6, 6.07) is 11.0. The summed E-state index contributed by atoms with van der Waals surface area (Å²) >= 11 is 0. The van der Waals surface area contributed by atoms with E-state index in [1.165, 1.54) is 44.1 Å². The minimum absolute atomic E-state index is 0.373. The quantitative estimate of drug-likeness (QED) is 0.856. The second-order valence-corrected chi connectivity index (χ2v) is 6.62. The third kappa shape index (κ3) is 3.83. The van der Waals surface area contributed by atoms with Gasteiger partial charge >= 0.3 is 0 Å². The molecule has 1 saturated carbocycles. The van der Waals surface area contributed by atoms with Crippen LogP contribution in [0.1, 0.15) is 37.7 Å². The molecule has 1 aliphatic carbocycles. The standard InChI is InChI=1S/C18H30N2/c1-19-14-11-16-9-12-18(13-10-16,20(2)3)15-17-7-5-4-6-8-17/h4-8,16,19H,9-15H2,1-3H3. The highest BCUT2D eigenvalue weighted by Crippen LogP contribution is 2.38. The van der Waals surface area contributed by atoms with Crippen LogP contribution in [0.2, 0.25) is 0 Å². The summed E-state index contributed by atoms with van der Waals surface area (Å²) in [5, 5.41) is 3.29. The number of likely N-dealkylation sites (N-methyl/N-ethyl adjacent to an activating group) is 1. The van der Waals surface area contributed by atoms with Crippen molar-refractivity contribution < 1.29 is 0 Å². The first-order valence-corrected chi connectivity index (χ1v) is 8.02. The fourth-order valence-electron chi connectivity index (χ4n) is 3.61. The highest BCUT2D eigenvalue weighted by molar-refractivity contribution is 5.18. The molecule has 0 heterocycles. The van der Waals surface area contributed by atoms with Gasteiger partial charge in [-0.15, -0.1) is 0 Å². The summed E-state index contributed by atoms with van der Waals surface area (Å²) in [4.78, 5) is 2.48. The minimum Gasteiger partial charge on any atom is -0.320 e. The van der Waals surface area contributed by atoms with E-state index < -0.39 is 0 Å². The molecule has 0 saturated heterocycles. The molecule has 0 aliphatic heterocycles. The van der Waals surface area contributed by atoms with Crippen molar-refractivity contribution in [2.24, 2.45) is 5.92 Å². The van der Waals surface area contributed by atoms with Gasteiger partial charge in [-0.05, 0) is 77.7 Å². The summed E-state index contributed by atoms with van der Waals surface area (Å²) in [7, 11) is 6.58. The Kier molecular flexibility index (Phi) is 5.62. The van der Waals surface area contributed by atoms with Gasteiger partial charge in [0.05, 0.1) is 0 Å². The fraction of sp³-hybridized carbons (Fsp3) is 0.667. The molecular formula is C18H30N2. The molecule has 0 atom stereocenters. The molecule has 0 spiro atoms. The average molecular weight is 274 g/mol. The second-order valence-electron chi connectivity index (χ2n) is 6.62. The molecule has 0 aromatic heterocycles. The van der Waals surface area contributed by atoms with Crippen LogP contribution in [0.5, 0.6) is 0 Å². The fourth-order valence-corrected chi connectivity index (χ4v) is 3.61. The maximum absolute atomic E-state index is 3.29. The molecule has 1 N–H and O–H groups in total. The van der Waals surface area contributed by atoms with E-state index in [2.05, 4.69) is 61.7 Å². The Bertz CT molecular complexity index is 378. The van der Waals surface area contributed by atoms with E-state index in [9.17, 15) is 0 Å². The van der Waals surface area contributed by atoms with E-state index in [-0.39, 0.29) is 0 Å². The normalized spacial score (nSPS) is 26.9. The van der Waals surface area contributed by atoms with Crippen molar-refractivity contribution in [1.29, 1.82) is 0 Å². The van der Waals surface area contributed by atoms with Gasteiger partial charge in [0.15, 0.2) is 0 Å². The first-order chi connectivity index (χ1) is 9.66. The smallest absolute Gasteiger partial charge is 0.0244 e. The maximum atomic E-state index is 3.29. The highest BCUT2D eigenvalue weighted by atomic mass is 15.1. The van der Waals surface area contributed by atoms with Gasteiger partial charge in [0.2, 0.25) is 0 Å². The largest absolute Gasteiger partial charge is 0.320 e. The lowest BCUT2D eigenvalue weighted by molar-refractivity contribution is 0.0775. The third-order valence-corrected chi connectivity index (χ3v) is 5.16. The van der Waals surface area contributed by atoms with Crippen LogP contribution in [0, 0.1) is 5.92 Å².